The van der Waals surface area contributed by atoms with Crippen molar-refractivity contribution in [1.82, 2.24) is 8.97 Å². The third-order valence-electron chi connectivity index (χ3n) is 10.3. The Kier molecular flexibility index (Phi) is 7.18. The second-order valence-electron chi connectivity index (χ2n) is 13.4. The van der Waals surface area contributed by atoms with Crippen molar-refractivity contribution in [3.05, 3.63) is 206 Å². The van der Waals surface area contributed by atoms with Crippen LogP contribution in [0.2, 0.25) is 0 Å². The lowest BCUT2D eigenvalue weighted by molar-refractivity contribution is 1.15. The first-order valence-electron chi connectivity index (χ1n) is 17.9. The Morgan fingerprint density at radius 3 is 1.33 bits per heavy atom. The van der Waals surface area contributed by atoms with Crippen molar-refractivity contribution in [2.24, 2.45) is 0 Å². The molecule has 0 atom stereocenters. The fourth-order valence-corrected chi connectivity index (χ4v) is 7.82. The molecule has 244 valence electrons. The molecule has 2 aromatic heterocycles. The van der Waals surface area contributed by atoms with Gasteiger partial charge in [0.15, 0.2) is 0 Å². The van der Waals surface area contributed by atoms with Gasteiger partial charge in [-0.1, -0.05) is 170 Å². The molecule has 0 spiro atoms. The van der Waals surface area contributed by atoms with Crippen molar-refractivity contribution >= 4 is 27.6 Å². The standard InChI is InChI=1S/C50H34N2/c1-4-13-35(14-5-1)37-23-27-39(28-24-37)41-17-12-18-43(33-41)49-45-21-10-11-22-46(45)52-48-34-42(40-29-25-38(26-30-40)36-15-6-2-7-16-36)31-32-47(48)51(50(49)52)44-19-8-3-9-20-44/h1-34H. The van der Waals surface area contributed by atoms with Crippen molar-refractivity contribution in [1.29, 1.82) is 0 Å². The van der Waals surface area contributed by atoms with Gasteiger partial charge in [-0.25, -0.2) is 0 Å². The van der Waals surface area contributed by atoms with Crippen molar-refractivity contribution < 1.29 is 0 Å². The Bertz CT molecular complexity index is 2840. The zero-order chi connectivity index (χ0) is 34.4. The predicted molar refractivity (Wildman–Crippen MR) is 219 cm³/mol. The van der Waals surface area contributed by atoms with Crippen LogP contribution in [0.1, 0.15) is 0 Å². The molecule has 0 saturated carbocycles. The molecule has 0 amide bonds. The van der Waals surface area contributed by atoms with E-state index in [4.69, 9.17) is 0 Å². The van der Waals surface area contributed by atoms with Gasteiger partial charge in [0.05, 0.1) is 16.6 Å². The van der Waals surface area contributed by atoms with E-state index in [-0.39, 0.29) is 0 Å². The third-order valence-corrected chi connectivity index (χ3v) is 10.3. The van der Waals surface area contributed by atoms with E-state index < -0.39 is 0 Å². The summed E-state index contributed by atoms with van der Waals surface area (Å²) in [5.41, 5.74) is 18.0. The quantitative estimate of drug-likeness (QED) is 0.168. The molecule has 0 bridgehead atoms. The lowest BCUT2D eigenvalue weighted by atomic mass is 9.96. The first-order valence-corrected chi connectivity index (χ1v) is 17.9. The lowest BCUT2D eigenvalue weighted by Crippen LogP contribution is -1.95. The Hall–Kier alpha value is -6.90. The maximum absolute atomic E-state index is 2.47. The third kappa shape index (κ3) is 5.04. The number of hydrogen-bond acceptors (Lipinski definition) is 0. The molecule has 0 aliphatic rings. The molecule has 2 heteroatoms. The topological polar surface area (TPSA) is 9.34 Å². The highest BCUT2D eigenvalue weighted by Gasteiger charge is 2.23. The first kappa shape index (κ1) is 30.0. The van der Waals surface area contributed by atoms with Crippen molar-refractivity contribution in [2.45, 2.75) is 0 Å². The lowest BCUT2D eigenvalue weighted by Gasteiger charge is -2.11. The van der Waals surface area contributed by atoms with Crippen LogP contribution in [0.4, 0.5) is 0 Å². The van der Waals surface area contributed by atoms with Crippen molar-refractivity contribution in [3.63, 3.8) is 0 Å². The summed E-state index contributed by atoms with van der Waals surface area (Å²) in [7, 11) is 0. The van der Waals surface area contributed by atoms with Gasteiger partial charge in [-0.15, -0.1) is 0 Å². The summed E-state index contributed by atoms with van der Waals surface area (Å²) in [6.07, 6.45) is 0. The molecule has 0 N–H and O–H groups in total. The van der Waals surface area contributed by atoms with E-state index in [1.807, 2.05) is 0 Å². The van der Waals surface area contributed by atoms with Crippen LogP contribution >= 0.6 is 0 Å². The van der Waals surface area contributed by atoms with Gasteiger partial charge in [0.2, 0.25) is 0 Å². The number of benzene rings is 8. The molecule has 2 heterocycles. The van der Waals surface area contributed by atoms with Crippen LogP contribution in [0.25, 0.3) is 88.9 Å². The molecule has 10 rings (SSSR count). The minimum absolute atomic E-state index is 1.14. The largest absolute Gasteiger partial charge is 0.293 e. The van der Waals surface area contributed by atoms with Gasteiger partial charge in [0, 0.05) is 16.6 Å². The maximum atomic E-state index is 2.47. The summed E-state index contributed by atoms with van der Waals surface area (Å²) in [4.78, 5) is 0. The van der Waals surface area contributed by atoms with Crippen molar-refractivity contribution in [3.8, 4) is 61.3 Å². The van der Waals surface area contributed by atoms with Crippen molar-refractivity contribution in [2.75, 3.05) is 0 Å². The average molecular weight is 663 g/mol. The highest BCUT2D eigenvalue weighted by Crippen LogP contribution is 2.42. The Morgan fingerprint density at radius 2 is 0.712 bits per heavy atom. The van der Waals surface area contributed by atoms with E-state index in [0.29, 0.717) is 0 Å². The molecular weight excluding hydrogens is 629 g/mol. The fraction of sp³-hybridized carbons (Fsp3) is 0. The van der Waals surface area contributed by atoms with Gasteiger partial charge in [0.25, 0.3) is 0 Å². The summed E-state index contributed by atoms with van der Waals surface area (Å²) in [6, 6.07) is 74.6. The van der Waals surface area contributed by atoms with E-state index in [2.05, 4.69) is 215 Å². The summed E-state index contributed by atoms with van der Waals surface area (Å²) in [5.74, 6) is 0. The van der Waals surface area contributed by atoms with Gasteiger partial charge < -0.3 is 0 Å². The highest BCUT2D eigenvalue weighted by molar-refractivity contribution is 6.10. The number of para-hydroxylation sites is 2. The summed E-state index contributed by atoms with van der Waals surface area (Å²) >= 11 is 0. The zero-order valence-electron chi connectivity index (χ0n) is 28.5. The highest BCUT2D eigenvalue weighted by atomic mass is 15.1. The maximum Gasteiger partial charge on any atom is 0.131 e. The fourth-order valence-electron chi connectivity index (χ4n) is 7.82. The van der Waals surface area contributed by atoms with E-state index >= 15 is 0 Å². The van der Waals surface area contributed by atoms with Crippen LogP contribution in [0.5, 0.6) is 0 Å². The van der Waals surface area contributed by atoms with Gasteiger partial charge >= 0.3 is 0 Å². The Morgan fingerprint density at radius 1 is 0.269 bits per heavy atom. The molecule has 0 radical (unpaired) electrons. The summed E-state index contributed by atoms with van der Waals surface area (Å²) < 4.78 is 4.91. The molecule has 2 nitrogen and oxygen atoms in total. The number of rotatable bonds is 6. The van der Waals surface area contributed by atoms with Gasteiger partial charge in [0.1, 0.15) is 5.65 Å². The average Bonchev–Trinajstić information content (AvgIpc) is 3.74. The second-order valence-corrected chi connectivity index (χ2v) is 13.4. The smallest absolute Gasteiger partial charge is 0.131 e. The monoisotopic (exact) mass is 662 g/mol. The second kappa shape index (κ2) is 12.5. The van der Waals surface area contributed by atoms with Crippen LogP contribution in [-0.4, -0.2) is 8.97 Å². The molecule has 52 heavy (non-hydrogen) atoms. The minimum atomic E-state index is 1.14. The zero-order valence-corrected chi connectivity index (χ0v) is 28.5. The van der Waals surface area contributed by atoms with Gasteiger partial charge in [-0.3, -0.25) is 8.97 Å². The van der Waals surface area contributed by atoms with Crippen LogP contribution < -0.4 is 0 Å². The number of aromatic nitrogens is 2. The first-order chi connectivity index (χ1) is 25.8. The summed E-state index contributed by atoms with van der Waals surface area (Å²) in [5, 5.41) is 1.23. The predicted octanol–water partition coefficient (Wildman–Crippen LogP) is 13.4. The molecule has 0 aliphatic carbocycles. The van der Waals surface area contributed by atoms with Crippen LogP contribution in [0.3, 0.4) is 0 Å². The van der Waals surface area contributed by atoms with E-state index in [1.165, 1.54) is 77.6 Å². The van der Waals surface area contributed by atoms with E-state index in [1.54, 1.807) is 0 Å². The van der Waals surface area contributed by atoms with Gasteiger partial charge in [-0.05, 0) is 86.5 Å². The molecule has 8 aromatic carbocycles. The van der Waals surface area contributed by atoms with E-state index in [9.17, 15) is 0 Å². The van der Waals surface area contributed by atoms with Crippen LogP contribution in [-0.2, 0) is 0 Å². The van der Waals surface area contributed by atoms with Crippen LogP contribution in [0.15, 0.2) is 206 Å². The molecular formula is C50H34N2. The summed E-state index contributed by atoms with van der Waals surface area (Å²) in [6.45, 7) is 0. The number of imidazole rings is 1. The molecule has 0 fully saturated rings. The van der Waals surface area contributed by atoms with Crippen LogP contribution in [0, 0.1) is 0 Å². The number of hydrogen-bond donors (Lipinski definition) is 0. The SMILES string of the molecule is c1ccc(-c2ccc(-c3cccc(-c4c5ccccc5n5c6cc(-c7ccc(-c8ccccc8)cc7)ccc6n(-c6ccccc6)c45)c3)cc2)cc1. The number of nitrogens with zero attached hydrogens (tertiary/aromatic N) is 2. The minimum Gasteiger partial charge on any atom is -0.293 e. The number of fused-ring (bicyclic) bond motifs is 5. The normalized spacial score (nSPS) is 11.5. The molecule has 0 unspecified atom stereocenters. The van der Waals surface area contributed by atoms with Gasteiger partial charge in [-0.2, -0.15) is 0 Å². The molecule has 0 aliphatic heterocycles. The Labute approximate surface area is 303 Å². The molecule has 10 aromatic rings. The Balaban J connectivity index is 1.17. The molecule has 0 saturated heterocycles. The van der Waals surface area contributed by atoms with E-state index in [0.717, 1.165) is 11.3 Å².